The van der Waals surface area contributed by atoms with Crippen molar-refractivity contribution in [1.29, 1.82) is 0 Å². The minimum absolute atomic E-state index is 0.0159. The Morgan fingerprint density at radius 3 is 2.67 bits per heavy atom. The van der Waals surface area contributed by atoms with E-state index >= 15 is 0 Å². The molecule has 2 rings (SSSR count). The molecule has 0 heterocycles. The van der Waals surface area contributed by atoms with Gasteiger partial charge in [-0.2, -0.15) is 0 Å². The lowest BCUT2D eigenvalue weighted by atomic mass is 9.91. The van der Waals surface area contributed by atoms with Gasteiger partial charge in [0.1, 0.15) is 0 Å². The van der Waals surface area contributed by atoms with E-state index in [1.54, 1.807) is 30.3 Å². The molecular formula is C15H22N2O. The number of nitrogens with two attached hydrogens (primary N) is 1. The van der Waals surface area contributed by atoms with Crippen LogP contribution in [0.4, 0.5) is 0 Å². The number of carbonyl (C=O) groups excluding carboxylic acids is 1. The number of amides is 1. The van der Waals surface area contributed by atoms with Crippen LogP contribution in [0.2, 0.25) is 0 Å². The lowest BCUT2D eigenvalue weighted by Gasteiger charge is -2.26. The Morgan fingerprint density at radius 1 is 1.50 bits per heavy atom. The van der Waals surface area contributed by atoms with Gasteiger partial charge in [0, 0.05) is 26.7 Å². The highest BCUT2D eigenvalue weighted by atomic mass is 16.2. The molecule has 3 nitrogen and oxygen atoms in total. The molecule has 0 saturated heterocycles. The van der Waals surface area contributed by atoms with E-state index in [1.807, 2.05) is 0 Å². The fourth-order valence-corrected chi connectivity index (χ4v) is 2.42. The highest BCUT2D eigenvalue weighted by molar-refractivity contribution is 5.92. The predicted molar refractivity (Wildman–Crippen MR) is 73.2 cm³/mol. The number of nitrogens with zero attached hydrogens (tertiary/aromatic N) is 1. The second-order valence-corrected chi connectivity index (χ2v) is 4.34. The zero-order valence-corrected chi connectivity index (χ0v) is 9.81. The zero-order valence-electron chi connectivity index (χ0n) is 19.8. The summed E-state index contributed by atoms with van der Waals surface area (Å²) in [6, 6.07) is 8.07. The molecule has 2 N–H and O–H groups in total. The van der Waals surface area contributed by atoms with Crippen LogP contribution in [-0.2, 0) is 10.2 Å². The van der Waals surface area contributed by atoms with E-state index in [0.717, 1.165) is 0 Å². The van der Waals surface area contributed by atoms with Gasteiger partial charge in [-0.15, -0.1) is 0 Å². The second kappa shape index (κ2) is 5.11. The van der Waals surface area contributed by atoms with E-state index in [4.69, 9.17) is 19.4 Å². The topological polar surface area (TPSA) is 46.3 Å². The van der Waals surface area contributed by atoms with Crippen LogP contribution in [0.1, 0.15) is 39.4 Å². The van der Waals surface area contributed by atoms with Crippen molar-refractivity contribution in [2.24, 2.45) is 11.7 Å². The molecule has 1 amide bonds. The lowest BCUT2D eigenvalue weighted by molar-refractivity contribution is -0.134. The monoisotopic (exact) mass is 256 g/mol. The van der Waals surface area contributed by atoms with E-state index in [2.05, 4.69) is 0 Å². The maximum atomic E-state index is 13.5. The van der Waals surface area contributed by atoms with Gasteiger partial charge in [-0.25, -0.2) is 0 Å². The summed E-state index contributed by atoms with van der Waals surface area (Å²) in [6.45, 7) is -14.1. The van der Waals surface area contributed by atoms with Gasteiger partial charge in [0.2, 0.25) is 5.91 Å². The Labute approximate surface area is 123 Å². The molecule has 0 spiro atoms. The summed E-state index contributed by atoms with van der Waals surface area (Å²) in [6.07, 6.45) is 0.136. The van der Waals surface area contributed by atoms with Crippen molar-refractivity contribution in [1.82, 2.24) is 4.90 Å². The summed E-state index contributed by atoms with van der Waals surface area (Å²) in [5, 5.41) is 0. The second-order valence-electron chi connectivity index (χ2n) is 4.34. The average molecular weight is 256 g/mol. The Balaban J connectivity index is 2.69. The van der Waals surface area contributed by atoms with Gasteiger partial charge >= 0.3 is 0 Å². The van der Waals surface area contributed by atoms with Gasteiger partial charge in [0.15, 0.2) is 0 Å². The first-order valence-electron chi connectivity index (χ1n) is 10.7. The molecule has 3 heteroatoms. The zero-order chi connectivity index (χ0) is 21.8. The Kier molecular flexibility index (Phi) is 1.51. The van der Waals surface area contributed by atoms with Gasteiger partial charge in [0.25, 0.3) is 0 Å². The third-order valence-electron chi connectivity index (χ3n) is 3.49. The van der Waals surface area contributed by atoms with E-state index in [9.17, 15) is 4.79 Å². The number of likely N-dealkylation sites (N-methyl/N-ethyl adjacent to an activating group) is 1. The quantitative estimate of drug-likeness (QED) is 0.873. The number of benzene rings is 1. The van der Waals surface area contributed by atoms with Crippen LogP contribution in [0.3, 0.4) is 0 Å². The normalized spacial score (nSPS) is 37.1. The minimum atomic E-state index is -3.56. The standard InChI is InChI=1S/C15H22N2O/c1-3-17(4-2)14(18)15(10-13(15)11-16)12-8-6-5-7-9-12/h5-9,13H,3-4,10-11,16H2,1-2H3/t13-,15+/m1/s1/i1D3,2D3,3D2,4D2. The summed E-state index contributed by atoms with van der Waals surface area (Å²) in [7, 11) is 0. The smallest absolute Gasteiger partial charge is 0.233 e. The number of hydrogen-bond acceptors (Lipinski definition) is 2. The van der Waals surface area contributed by atoms with E-state index in [-0.39, 0.29) is 17.9 Å². The molecule has 18 heavy (non-hydrogen) atoms. The van der Waals surface area contributed by atoms with Crippen molar-refractivity contribution >= 4 is 5.91 Å². The van der Waals surface area contributed by atoms with Crippen molar-refractivity contribution in [3.63, 3.8) is 0 Å². The molecule has 98 valence electrons. The molecule has 0 unspecified atom stereocenters. The van der Waals surface area contributed by atoms with Crippen LogP contribution in [0.25, 0.3) is 0 Å². The van der Waals surface area contributed by atoms with Crippen LogP contribution in [0.5, 0.6) is 0 Å². The molecule has 2 atom stereocenters. The number of carbonyl (C=O) groups is 1. The molecule has 1 fully saturated rings. The third-order valence-corrected chi connectivity index (χ3v) is 3.49. The molecule has 0 radical (unpaired) electrons. The van der Waals surface area contributed by atoms with Gasteiger partial charge in [-0.05, 0) is 38.2 Å². The van der Waals surface area contributed by atoms with Crippen LogP contribution < -0.4 is 5.73 Å². The minimum Gasteiger partial charge on any atom is -0.342 e. The maximum absolute atomic E-state index is 13.5. The molecule has 1 aromatic rings. The molecule has 0 bridgehead atoms. The van der Waals surface area contributed by atoms with Crippen LogP contribution in [0, 0.1) is 5.92 Å². The molecule has 1 saturated carbocycles. The van der Waals surface area contributed by atoms with Crippen molar-refractivity contribution in [2.45, 2.75) is 25.5 Å². The third kappa shape index (κ3) is 1.93. The Morgan fingerprint density at radius 2 is 2.17 bits per heavy atom. The van der Waals surface area contributed by atoms with E-state index in [0.29, 0.717) is 5.56 Å². The Bertz CT molecular complexity index is 705. The SMILES string of the molecule is [2H]C([2H])([2H])C([2H])([2H])N(C(=O)[C@]1(c2ccccc2)C[C@@H]1CN)C([2H])([2H])C([2H])([2H])[2H]. The van der Waals surface area contributed by atoms with Gasteiger partial charge in [-0.1, -0.05) is 30.3 Å². The highest BCUT2D eigenvalue weighted by Crippen LogP contribution is 2.54. The van der Waals surface area contributed by atoms with Crippen molar-refractivity contribution < 1.29 is 18.5 Å². The van der Waals surface area contributed by atoms with Gasteiger partial charge in [0.05, 0.1) is 5.41 Å². The largest absolute Gasteiger partial charge is 0.342 e. The summed E-state index contributed by atoms with van der Waals surface area (Å²) < 4.78 is 76.7. The molecule has 1 aliphatic carbocycles. The predicted octanol–water partition coefficient (Wildman–Crippen LogP) is 1.77. The molecule has 1 aromatic carbocycles. The first kappa shape index (κ1) is 5.33. The molecule has 1 aliphatic rings. The molecular weight excluding hydrogens is 224 g/mol. The van der Waals surface area contributed by atoms with E-state index in [1.165, 1.54) is 0 Å². The van der Waals surface area contributed by atoms with Crippen molar-refractivity contribution in [2.75, 3.05) is 19.5 Å². The summed E-state index contributed by atoms with van der Waals surface area (Å²) in [5.74, 6) is -1.74. The Hall–Kier alpha value is -1.35. The van der Waals surface area contributed by atoms with Crippen LogP contribution >= 0.6 is 0 Å². The van der Waals surface area contributed by atoms with Gasteiger partial charge in [-0.3, -0.25) is 4.79 Å². The summed E-state index contributed by atoms with van der Waals surface area (Å²) >= 11 is 0. The van der Waals surface area contributed by atoms with Crippen LogP contribution in [-0.4, -0.2) is 30.3 Å². The molecule has 0 aromatic heterocycles. The van der Waals surface area contributed by atoms with Gasteiger partial charge < -0.3 is 10.6 Å². The lowest BCUT2D eigenvalue weighted by Crippen LogP contribution is -2.40. The highest BCUT2D eigenvalue weighted by Gasteiger charge is 2.61. The average Bonchev–Trinajstić information content (AvgIpc) is 3.29. The first-order valence-corrected chi connectivity index (χ1v) is 5.65. The summed E-state index contributed by atoms with van der Waals surface area (Å²) in [4.78, 5) is 13.2. The van der Waals surface area contributed by atoms with Crippen molar-refractivity contribution in [3.05, 3.63) is 35.9 Å². The number of hydrogen-bond donors (Lipinski definition) is 1. The fraction of sp³-hybridized carbons (Fsp3) is 0.533. The number of rotatable bonds is 5. The van der Waals surface area contributed by atoms with Crippen molar-refractivity contribution in [3.8, 4) is 0 Å². The fourth-order valence-electron chi connectivity index (χ4n) is 2.42. The molecule has 0 aliphatic heterocycles. The van der Waals surface area contributed by atoms with E-state index < -0.39 is 43.9 Å². The summed E-state index contributed by atoms with van der Waals surface area (Å²) in [5.41, 5.74) is 4.62. The maximum Gasteiger partial charge on any atom is 0.233 e. The first-order chi connectivity index (χ1) is 12.5. The van der Waals surface area contributed by atoms with Crippen LogP contribution in [0.15, 0.2) is 30.3 Å².